The lowest BCUT2D eigenvalue weighted by molar-refractivity contribution is 0.204. The standard InChI is InChI=1S/C16H27BrN2O/c1-5-8-18-12-14-6-7-16(15(17)11-14)19(13(2)3)9-10-20-4/h6-7,11,13,18H,5,8-10,12H2,1-4H3. The van der Waals surface area contributed by atoms with E-state index in [9.17, 15) is 0 Å². The van der Waals surface area contributed by atoms with Crippen LogP contribution in [0.5, 0.6) is 0 Å². The van der Waals surface area contributed by atoms with Gasteiger partial charge in [0.15, 0.2) is 0 Å². The van der Waals surface area contributed by atoms with Gasteiger partial charge >= 0.3 is 0 Å². The molecule has 1 aromatic carbocycles. The molecule has 0 heterocycles. The Kier molecular flexibility index (Phi) is 8.19. The second kappa shape index (κ2) is 9.37. The summed E-state index contributed by atoms with van der Waals surface area (Å²) in [5.41, 5.74) is 2.54. The van der Waals surface area contributed by atoms with E-state index in [1.807, 2.05) is 0 Å². The van der Waals surface area contributed by atoms with Gasteiger partial charge in [0.2, 0.25) is 0 Å². The summed E-state index contributed by atoms with van der Waals surface area (Å²) in [4.78, 5) is 2.36. The fraction of sp³-hybridized carbons (Fsp3) is 0.625. The third-order valence-corrected chi connectivity index (χ3v) is 3.87. The highest BCUT2D eigenvalue weighted by Gasteiger charge is 2.13. The van der Waals surface area contributed by atoms with Crippen LogP contribution in [0, 0.1) is 0 Å². The lowest BCUT2D eigenvalue weighted by atomic mass is 10.1. The van der Waals surface area contributed by atoms with Crippen LogP contribution >= 0.6 is 15.9 Å². The number of halogens is 1. The maximum Gasteiger partial charge on any atom is 0.0637 e. The lowest BCUT2D eigenvalue weighted by Gasteiger charge is -2.30. The molecule has 0 saturated heterocycles. The van der Waals surface area contributed by atoms with Crippen molar-refractivity contribution in [1.29, 1.82) is 0 Å². The third kappa shape index (κ3) is 5.43. The predicted octanol–water partition coefficient (Wildman–Crippen LogP) is 3.81. The summed E-state index contributed by atoms with van der Waals surface area (Å²) in [6.45, 7) is 10.2. The Morgan fingerprint density at radius 1 is 1.35 bits per heavy atom. The van der Waals surface area contributed by atoms with Gasteiger partial charge in [0.05, 0.1) is 12.3 Å². The van der Waals surface area contributed by atoms with E-state index in [2.05, 4.69) is 65.1 Å². The zero-order valence-corrected chi connectivity index (χ0v) is 14.7. The Labute approximate surface area is 131 Å². The topological polar surface area (TPSA) is 24.5 Å². The van der Waals surface area contributed by atoms with Crippen molar-refractivity contribution < 1.29 is 4.74 Å². The molecule has 0 atom stereocenters. The predicted molar refractivity (Wildman–Crippen MR) is 90.5 cm³/mol. The van der Waals surface area contributed by atoms with E-state index in [0.29, 0.717) is 6.04 Å². The van der Waals surface area contributed by atoms with E-state index in [1.165, 1.54) is 11.3 Å². The van der Waals surface area contributed by atoms with Crippen LogP contribution in [0.25, 0.3) is 0 Å². The van der Waals surface area contributed by atoms with E-state index < -0.39 is 0 Å². The molecule has 0 radical (unpaired) electrons. The van der Waals surface area contributed by atoms with E-state index in [1.54, 1.807) is 7.11 Å². The molecule has 0 saturated carbocycles. The van der Waals surface area contributed by atoms with Crippen molar-refractivity contribution in [3.8, 4) is 0 Å². The van der Waals surface area contributed by atoms with Crippen LogP contribution < -0.4 is 10.2 Å². The Hall–Kier alpha value is -0.580. The molecule has 0 aliphatic carbocycles. The van der Waals surface area contributed by atoms with E-state index in [-0.39, 0.29) is 0 Å². The number of nitrogens with zero attached hydrogens (tertiary/aromatic N) is 1. The lowest BCUT2D eigenvalue weighted by Crippen LogP contribution is -2.34. The fourth-order valence-corrected chi connectivity index (χ4v) is 2.80. The maximum atomic E-state index is 5.21. The molecule has 20 heavy (non-hydrogen) atoms. The molecule has 114 valence electrons. The third-order valence-electron chi connectivity index (χ3n) is 3.24. The van der Waals surface area contributed by atoms with Crippen molar-refractivity contribution in [2.24, 2.45) is 0 Å². The Balaban J connectivity index is 2.78. The van der Waals surface area contributed by atoms with Gasteiger partial charge in [-0.15, -0.1) is 0 Å². The summed E-state index contributed by atoms with van der Waals surface area (Å²) >= 11 is 3.71. The number of ether oxygens (including phenoxy) is 1. The van der Waals surface area contributed by atoms with Gasteiger partial charge in [-0.3, -0.25) is 0 Å². The minimum atomic E-state index is 0.450. The summed E-state index contributed by atoms with van der Waals surface area (Å²) < 4.78 is 6.36. The first kappa shape index (κ1) is 17.5. The first-order valence-electron chi connectivity index (χ1n) is 7.34. The van der Waals surface area contributed by atoms with Gasteiger partial charge in [-0.05, 0) is 60.4 Å². The van der Waals surface area contributed by atoms with Crippen molar-refractivity contribution >= 4 is 21.6 Å². The molecule has 0 aromatic heterocycles. The molecule has 0 fully saturated rings. The Morgan fingerprint density at radius 3 is 2.65 bits per heavy atom. The molecule has 3 nitrogen and oxygen atoms in total. The molecular weight excluding hydrogens is 316 g/mol. The van der Waals surface area contributed by atoms with Crippen LogP contribution in [0.15, 0.2) is 22.7 Å². The molecule has 4 heteroatoms. The molecule has 0 unspecified atom stereocenters. The highest BCUT2D eigenvalue weighted by molar-refractivity contribution is 9.10. The monoisotopic (exact) mass is 342 g/mol. The second-order valence-corrected chi connectivity index (χ2v) is 6.10. The van der Waals surface area contributed by atoms with Crippen molar-refractivity contribution in [3.05, 3.63) is 28.2 Å². The zero-order chi connectivity index (χ0) is 15.0. The Bertz CT molecular complexity index is 396. The molecule has 0 amide bonds. The molecule has 1 aromatic rings. The first-order chi connectivity index (χ1) is 9.60. The van der Waals surface area contributed by atoms with Crippen LogP contribution in [-0.4, -0.2) is 32.8 Å². The van der Waals surface area contributed by atoms with Gasteiger partial charge in [0, 0.05) is 30.7 Å². The van der Waals surface area contributed by atoms with Crippen LogP contribution in [0.1, 0.15) is 32.8 Å². The second-order valence-electron chi connectivity index (χ2n) is 5.24. The summed E-state index contributed by atoms with van der Waals surface area (Å²) in [7, 11) is 1.75. The van der Waals surface area contributed by atoms with Gasteiger partial charge in [-0.25, -0.2) is 0 Å². The van der Waals surface area contributed by atoms with Gasteiger partial charge in [-0.1, -0.05) is 13.0 Å². The van der Waals surface area contributed by atoms with Gasteiger partial charge in [0.1, 0.15) is 0 Å². The number of hydrogen-bond acceptors (Lipinski definition) is 3. The Morgan fingerprint density at radius 2 is 2.10 bits per heavy atom. The molecule has 1 N–H and O–H groups in total. The number of hydrogen-bond donors (Lipinski definition) is 1. The smallest absolute Gasteiger partial charge is 0.0637 e. The van der Waals surface area contributed by atoms with Crippen LogP contribution in [-0.2, 0) is 11.3 Å². The van der Waals surface area contributed by atoms with Crippen LogP contribution in [0.3, 0.4) is 0 Å². The van der Waals surface area contributed by atoms with Crippen molar-refractivity contribution in [1.82, 2.24) is 5.32 Å². The average molecular weight is 343 g/mol. The van der Waals surface area contributed by atoms with Crippen molar-refractivity contribution in [2.75, 3.05) is 31.7 Å². The summed E-state index contributed by atoms with van der Waals surface area (Å²) in [5, 5.41) is 3.43. The molecule has 0 aliphatic heterocycles. The summed E-state index contributed by atoms with van der Waals surface area (Å²) in [6.07, 6.45) is 1.16. The van der Waals surface area contributed by atoms with Crippen molar-refractivity contribution in [3.63, 3.8) is 0 Å². The molecule has 0 bridgehead atoms. The van der Waals surface area contributed by atoms with Crippen molar-refractivity contribution in [2.45, 2.75) is 39.8 Å². The first-order valence-corrected chi connectivity index (χ1v) is 8.14. The summed E-state index contributed by atoms with van der Waals surface area (Å²) in [5.74, 6) is 0. The molecular formula is C16H27BrN2O. The van der Waals surface area contributed by atoms with Crippen LogP contribution in [0.4, 0.5) is 5.69 Å². The molecule has 0 spiro atoms. The normalized spacial score (nSPS) is 11.1. The number of anilines is 1. The molecule has 0 aliphatic rings. The number of benzene rings is 1. The van der Waals surface area contributed by atoms with Gasteiger partial charge < -0.3 is 15.0 Å². The van der Waals surface area contributed by atoms with E-state index in [4.69, 9.17) is 4.74 Å². The largest absolute Gasteiger partial charge is 0.383 e. The SMILES string of the molecule is CCCNCc1ccc(N(CCOC)C(C)C)c(Br)c1. The number of rotatable bonds is 9. The zero-order valence-electron chi connectivity index (χ0n) is 13.1. The fourth-order valence-electron chi connectivity index (χ4n) is 2.15. The maximum absolute atomic E-state index is 5.21. The average Bonchev–Trinajstić information content (AvgIpc) is 2.41. The van der Waals surface area contributed by atoms with Gasteiger partial charge in [0.25, 0.3) is 0 Å². The van der Waals surface area contributed by atoms with Crippen LogP contribution in [0.2, 0.25) is 0 Å². The summed E-state index contributed by atoms with van der Waals surface area (Å²) in [6, 6.07) is 7.05. The highest BCUT2D eigenvalue weighted by Crippen LogP contribution is 2.28. The minimum Gasteiger partial charge on any atom is -0.383 e. The number of nitrogens with one attached hydrogen (secondary N) is 1. The van der Waals surface area contributed by atoms with E-state index >= 15 is 0 Å². The minimum absolute atomic E-state index is 0.450. The van der Waals surface area contributed by atoms with E-state index in [0.717, 1.165) is 37.1 Å². The molecule has 1 rings (SSSR count). The highest BCUT2D eigenvalue weighted by atomic mass is 79.9. The number of methoxy groups -OCH3 is 1. The quantitative estimate of drug-likeness (QED) is 0.690. The van der Waals surface area contributed by atoms with Gasteiger partial charge in [-0.2, -0.15) is 0 Å².